The molecule has 1 aromatic carbocycles. The minimum atomic E-state index is 0.503. The second-order valence-electron chi connectivity index (χ2n) is 7.00. The van der Waals surface area contributed by atoms with Gasteiger partial charge in [0.25, 0.3) is 5.89 Å². The van der Waals surface area contributed by atoms with Gasteiger partial charge in [0, 0.05) is 22.5 Å². The first-order valence-corrected chi connectivity index (χ1v) is 10.00. The van der Waals surface area contributed by atoms with E-state index in [1.165, 1.54) is 0 Å². The van der Waals surface area contributed by atoms with Crippen molar-refractivity contribution >= 4 is 15.9 Å². The molecule has 27 heavy (non-hydrogen) atoms. The van der Waals surface area contributed by atoms with E-state index >= 15 is 0 Å². The van der Waals surface area contributed by atoms with E-state index in [2.05, 4.69) is 51.8 Å². The third kappa shape index (κ3) is 4.95. The number of benzene rings is 1. The zero-order valence-electron chi connectivity index (χ0n) is 16.1. The molecule has 3 aromatic rings. The van der Waals surface area contributed by atoms with Crippen LogP contribution in [0.3, 0.4) is 0 Å². The Morgan fingerprint density at radius 3 is 2.63 bits per heavy atom. The maximum atomic E-state index is 5.69. The molecule has 0 saturated carbocycles. The Morgan fingerprint density at radius 1 is 1.11 bits per heavy atom. The minimum Gasteiger partial charge on any atom is -0.492 e. The molecule has 0 fully saturated rings. The van der Waals surface area contributed by atoms with E-state index in [9.17, 15) is 0 Å². The van der Waals surface area contributed by atoms with E-state index in [1.807, 2.05) is 37.3 Å². The molecule has 6 heteroatoms. The maximum absolute atomic E-state index is 5.69. The van der Waals surface area contributed by atoms with Gasteiger partial charge < -0.3 is 9.26 Å². The Kier molecular flexibility index (Phi) is 6.26. The van der Waals surface area contributed by atoms with E-state index in [1.54, 1.807) is 0 Å². The molecule has 0 aliphatic rings. The summed E-state index contributed by atoms with van der Waals surface area (Å²) in [6, 6.07) is 9.80. The summed E-state index contributed by atoms with van der Waals surface area (Å²) < 4.78 is 12.1. The number of aromatic nitrogens is 3. The number of rotatable bonds is 7. The highest BCUT2D eigenvalue weighted by Gasteiger charge is 2.14. The van der Waals surface area contributed by atoms with Gasteiger partial charge in [0.15, 0.2) is 0 Å². The van der Waals surface area contributed by atoms with Crippen molar-refractivity contribution in [2.24, 2.45) is 5.92 Å². The summed E-state index contributed by atoms with van der Waals surface area (Å²) in [5.74, 6) is 2.40. The molecule has 3 rings (SSSR count). The number of nitrogens with zero attached hydrogens (tertiary/aromatic N) is 3. The molecule has 0 aliphatic heterocycles. The van der Waals surface area contributed by atoms with Gasteiger partial charge in [-0.3, -0.25) is 4.98 Å². The minimum absolute atomic E-state index is 0.503. The van der Waals surface area contributed by atoms with Crippen molar-refractivity contribution < 1.29 is 9.26 Å². The van der Waals surface area contributed by atoms with Gasteiger partial charge in [0.2, 0.25) is 5.82 Å². The van der Waals surface area contributed by atoms with Crippen molar-refractivity contribution in [2.45, 2.75) is 40.5 Å². The third-order valence-electron chi connectivity index (χ3n) is 3.95. The molecule has 0 amide bonds. The quantitative estimate of drug-likeness (QED) is 0.470. The fraction of sp³-hybridized carbons (Fsp3) is 0.381. The van der Waals surface area contributed by atoms with E-state index in [0.29, 0.717) is 24.2 Å². The van der Waals surface area contributed by atoms with Crippen molar-refractivity contribution in [2.75, 3.05) is 6.61 Å². The Morgan fingerprint density at radius 2 is 1.93 bits per heavy atom. The second-order valence-corrected chi connectivity index (χ2v) is 7.86. The second kappa shape index (κ2) is 8.65. The lowest BCUT2D eigenvalue weighted by Crippen LogP contribution is -1.99. The summed E-state index contributed by atoms with van der Waals surface area (Å²) in [6.07, 6.45) is 1.88. The molecular weight excluding hydrogens is 406 g/mol. The highest BCUT2D eigenvalue weighted by molar-refractivity contribution is 9.10. The van der Waals surface area contributed by atoms with Crippen molar-refractivity contribution in [3.8, 4) is 28.6 Å². The molecule has 5 nitrogen and oxygen atoms in total. The molecule has 0 N–H and O–H groups in total. The van der Waals surface area contributed by atoms with Crippen molar-refractivity contribution in [3.63, 3.8) is 0 Å². The largest absolute Gasteiger partial charge is 0.492 e. The summed E-state index contributed by atoms with van der Waals surface area (Å²) in [6.45, 7) is 9.11. The van der Waals surface area contributed by atoms with Gasteiger partial charge in [-0.05, 0) is 71.9 Å². The standard InChI is InChI=1S/C21H24BrN3O2/c1-5-8-26-19-7-6-15(12-18(19)22)20-24-21(27-25-20)16-10-14(4)23-17(11-16)9-13(2)3/h6-7,10-13H,5,8-9H2,1-4H3. The Labute approximate surface area is 168 Å². The number of pyridine rings is 1. The smallest absolute Gasteiger partial charge is 0.258 e. The molecule has 0 saturated heterocycles. The van der Waals surface area contributed by atoms with Crippen LogP contribution in [0.5, 0.6) is 5.75 Å². The average Bonchev–Trinajstić information content (AvgIpc) is 3.09. The van der Waals surface area contributed by atoms with Crippen LogP contribution in [0, 0.1) is 12.8 Å². The molecule has 0 aliphatic carbocycles. The highest BCUT2D eigenvalue weighted by Crippen LogP contribution is 2.31. The van der Waals surface area contributed by atoms with E-state index in [-0.39, 0.29) is 0 Å². The normalized spacial score (nSPS) is 11.2. The predicted octanol–water partition coefficient (Wildman–Crippen LogP) is 5.86. The fourth-order valence-electron chi connectivity index (χ4n) is 2.81. The molecule has 0 radical (unpaired) electrons. The topological polar surface area (TPSA) is 61.0 Å². The van der Waals surface area contributed by atoms with Gasteiger partial charge >= 0.3 is 0 Å². The Balaban J connectivity index is 1.87. The lowest BCUT2D eigenvalue weighted by Gasteiger charge is -2.07. The molecule has 2 aromatic heterocycles. The predicted molar refractivity (Wildman–Crippen MR) is 110 cm³/mol. The zero-order chi connectivity index (χ0) is 19.4. The first-order chi connectivity index (χ1) is 13.0. The van der Waals surface area contributed by atoms with Crippen LogP contribution >= 0.6 is 15.9 Å². The summed E-state index contributed by atoms with van der Waals surface area (Å²) in [7, 11) is 0. The van der Waals surface area contributed by atoms with Crippen LogP contribution in [-0.2, 0) is 6.42 Å². The lowest BCUT2D eigenvalue weighted by atomic mass is 10.1. The zero-order valence-corrected chi connectivity index (χ0v) is 17.7. The molecule has 0 spiro atoms. The summed E-state index contributed by atoms with van der Waals surface area (Å²) in [5, 5.41) is 4.15. The fourth-order valence-corrected chi connectivity index (χ4v) is 3.30. The molecule has 0 atom stereocenters. The van der Waals surface area contributed by atoms with Crippen molar-refractivity contribution in [3.05, 3.63) is 46.2 Å². The van der Waals surface area contributed by atoms with E-state index in [4.69, 9.17) is 9.26 Å². The van der Waals surface area contributed by atoms with Gasteiger partial charge in [0.1, 0.15) is 5.75 Å². The summed E-state index contributed by atoms with van der Waals surface area (Å²) in [5.41, 5.74) is 3.76. The van der Waals surface area contributed by atoms with Crippen molar-refractivity contribution in [1.29, 1.82) is 0 Å². The number of halogens is 1. The molecule has 142 valence electrons. The van der Waals surface area contributed by atoms with Crippen LogP contribution in [0.4, 0.5) is 0 Å². The van der Waals surface area contributed by atoms with Gasteiger partial charge in [-0.15, -0.1) is 0 Å². The highest BCUT2D eigenvalue weighted by atomic mass is 79.9. The Hall–Kier alpha value is -2.21. The van der Waals surface area contributed by atoms with Crippen LogP contribution in [0.2, 0.25) is 0 Å². The van der Waals surface area contributed by atoms with E-state index in [0.717, 1.165) is 45.6 Å². The van der Waals surface area contributed by atoms with Gasteiger partial charge in [-0.2, -0.15) is 4.98 Å². The first kappa shape index (κ1) is 19.5. The number of aryl methyl sites for hydroxylation is 1. The number of hydrogen-bond acceptors (Lipinski definition) is 5. The molecule has 0 unspecified atom stereocenters. The van der Waals surface area contributed by atoms with Gasteiger partial charge in [-0.1, -0.05) is 25.9 Å². The monoisotopic (exact) mass is 429 g/mol. The molecular formula is C21H24BrN3O2. The summed E-state index contributed by atoms with van der Waals surface area (Å²) in [4.78, 5) is 9.18. The molecule has 2 heterocycles. The maximum Gasteiger partial charge on any atom is 0.258 e. The van der Waals surface area contributed by atoms with E-state index < -0.39 is 0 Å². The first-order valence-electron chi connectivity index (χ1n) is 9.20. The lowest BCUT2D eigenvalue weighted by molar-refractivity contribution is 0.315. The Bertz CT molecular complexity index is 922. The number of ether oxygens (including phenoxy) is 1. The average molecular weight is 430 g/mol. The van der Waals surface area contributed by atoms with Crippen molar-refractivity contribution in [1.82, 2.24) is 15.1 Å². The van der Waals surface area contributed by atoms with Gasteiger partial charge in [0.05, 0.1) is 11.1 Å². The van der Waals surface area contributed by atoms with Crippen LogP contribution < -0.4 is 4.74 Å². The molecule has 0 bridgehead atoms. The third-order valence-corrected chi connectivity index (χ3v) is 4.57. The van der Waals surface area contributed by atoms with Crippen LogP contribution in [0.25, 0.3) is 22.8 Å². The van der Waals surface area contributed by atoms with Gasteiger partial charge in [-0.25, -0.2) is 0 Å². The number of hydrogen-bond donors (Lipinski definition) is 0. The van der Waals surface area contributed by atoms with Crippen LogP contribution in [0.15, 0.2) is 39.3 Å². The van der Waals surface area contributed by atoms with Crippen LogP contribution in [0.1, 0.15) is 38.6 Å². The summed E-state index contributed by atoms with van der Waals surface area (Å²) >= 11 is 3.55. The van der Waals surface area contributed by atoms with Crippen LogP contribution in [-0.4, -0.2) is 21.7 Å². The SMILES string of the molecule is CCCOc1ccc(-c2noc(-c3cc(C)nc(CC(C)C)c3)n2)cc1Br.